The summed E-state index contributed by atoms with van der Waals surface area (Å²) in [5, 5.41) is 0. The Labute approximate surface area is 176 Å². The monoisotopic (exact) mass is 412 g/mol. The summed E-state index contributed by atoms with van der Waals surface area (Å²) >= 11 is 0. The van der Waals surface area contributed by atoms with Gasteiger partial charge in [0, 0.05) is 11.4 Å². The molecule has 4 N–H and O–H groups in total. The molecule has 0 amide bonds. The van der Waals surface area contributed by atoms with Crippen molar-refractivity contribution in [3.05, 3.63) is 53.6 Å². The van der Waals surface area contributed by atoms with Crippen molar-refractivity contribution in [1.82, 2.24) is 0 Å². The van der Waals surface area contributed by atoms with E-state index in [0.29, 0.717) is 41.7 Å². The van der Waals surface area contributed by atoms with Gasteiger partial charge < -0.3 is 25.7 Å². The van der Waals surface area contributed by atoms with Crippen LogP contribution in [-0.2, 0) is 9.53 Å². The average Bonchev–Trinajstić information content (AvgIpc) is 2.73. The van der Waals surface area contributed by atoms with Crippen LogP contribution in [0.5, 0.6) is 11.5 Å². The molecule has 0 spiro atoms. The molecule has 0 atom stereocenters. The highest BCUT2D eigenvalue weighted by molar-refractivity contribution is 5.91. The number of rotatable bonds is 12. The molecule has 0 fully saturated rings. The topological polar surface area (TPSA) is 114 Å². The molecule has 0 heterocycles. The first-order chi connectivity index (χ1) is 14.5. The Balaban J connectivity index is 1.63. The number of aldehydes is 1. The standard InChI is InChI=1S/C23H28N2O5/c1-28-22-13-17(7-6-10-26)8-9-21(22)29-11-4-2-3-5-12-30-23(27)18-14-19(24)16-20(25)15-18/h6-10,13-16H,2-5,11-12,24-25H2,1H3/b7-6+. The molecule has 2 aromatic carbocycles. The molecule has 0 aliphatic rings. The fraction of sp³-hybridized carbons (Fsp3) is 0.304. The smallest absolute Gasteiger partial charge is 0.338 e. The maximum Gasteiger partial charge on any atom is 0.338 e. The third-order valence-corrected chi connectivity index (χ3v) is 4.30. The number of unbranched alkanes of at least 4 members (excludes halogenated alkanes) is 3. The predicted octanol–water partition coefficient (Wildman–Crippen LogP) is 3.87. The molecule has 2 rings (SSSR count). The maximum atomic E-state index is 12.0. The zero-order valence-corrected chi connectivity index (χ0v) is 17.1. The summed E-state index contributed by atoms with van der Waals surface area (Å²) in [6, 6.07) is 10.2. The van der Waals surface area contributed by atoms with Crippen molar-refractivity contribution in [3.63, 3.8) is 0 Å². The molecule has 7 nitrogen and oxygen atoms in total. The molecule has 0 saturated carbocycles. The van der Waals surface area contributed by atoms with E-state index in [4.69, 9.17) is 25.7 Å². The fourth-order valence-corrected chi connectivity index (χ4v) is 2.84. The molecule has 30 heavy (non-hydrogen) atoms. The Morgan fingerprint density at radius 1 is 0.933 bits per heavy atom. The van der Waals surface area contributed by atoms with E-state index in [0.717, 1.165) is 37.5 Å². The van der Waals surface area contributed by atoms with E-state index in [9.17, 15) is 9.59 Å². The van der Waals surface area contributed by atoms with Crippen LogP contribution >= 0.6 is 0 Å². The van der Waals surface area contributed by atoms with Gasteiger partial charge in [-0.25, -0.2) is 4.79 Å². The van der Waals surface area contributed by atoms with Crippen LogP contribution in [0, 0.1) is 0 Å². The van der Waals surface area contributed by atoms with Gasteiger partial charge in [0.05, 0.1) is 25.9 Å². The number of hydrogen-bond donors (Lipinski definition) is 2. The van der Waals surface area contributed by atoms with Crippen LogP contribution in [0.2, 0.25) is 0 Å². The molecule has 7 heteroatoms. The highest BCUT2D eigenvalue weighted by Crippen LogP contribution is 2.28. The lowest BCUT2D eigenvalue weighted by molar-refractivity contribution is -0.104. The second-order valence-electron chi connectivity index (χ2n) is 6.69. The molecule has 0 radical (unpaired) electrons. The summed E-state index contributed by atoms with van der Waals surface area (Å²) in [4.78, 5) is 22.4. The predicted molar refractivity (Wildman–Crippen MR) is 118 cm³/mol. The number of allylic oxidation sites excluding steroid dienone is 1. The van der Waals surface area contributed by atoms with Crippen LogP contribution in [0.4, 0.5) is 11.4 Å². The van der Waals surface area contributed by atoms with E-state index in [2.05, 4.69) is 0 Å². The summed E-state index contributed by atoms with van der Waals surface area (Å²) in [7, 11) is 1.58. The van der Waals surface area contributed by atoms with Gasteiger partial charge in [0.1, 0.15) is 6.29 Å². The lowest BCUT2D eigenvalue weighted by Gasteiger charge is -2.11. The molecule has 0 unspecified atom stereocenters. The van der Waals surface area contributed by atoms with Crippen LogP contribution in [-0.4, -0.2) is 32.6 Å². The van der Waals surface area contributed by atoms with Crippen LogP contribution in [0.1, 0.15) is 41.6 Å². The van der Waals surface area contributed by atoms with Gasteiger partial charge in [-0.1, -0.05) is 12.1 Å². The van der Waals surface area contributed by atoms with Crippen LogP contribution < -0.4 is 20.9 Å². The number of ether oxygens (including phenoxy) is 3. The number of methoxy groups -OCH3 is 1. The molecule has 0 aliphatic heterocycles. The van der Waals surface area contributed by atoms with Crippen molar-refractivity contribution in [1.29, 1.82) is 0 Å². The van der Waals surface area contributed by atoms with E-state index in [1.54, 1.807) is 31.4 Å². The second-order valence-corrected chi connectivity index (χ2v) is 6.69. The number of nitrogens with two attached hydrogens (primary N) is 2. The molecule has 0 aliphatic carbocycles. The van der Waals surface area contributed by atoms with Crippen molar-refractivity contribution < 1.29 is 23.8 Å². The summed E-state index contributed by atoms with van der Waals surface area (Å²) < 4.78 is 16.4. The van der Waals surface area contributed by atoms with Crippen molar-refractivity contribution in [2.75, 3.05) is 31.8 Å². The van der Waals surface area contributed by atoms with Crippen LogP contribution in [0.25, 0.3) is 6.08 Å². The fourth-order valence-electron chi connectivity index (χ4n) is 2.84. The minimum atomic E-state index is -0.420. The number of hydrogen-bond acceptors (Lipinski definition) is 7. The molecule has 0 saturated heterocycles. The minimum absolute atomic E-state index is 0.345. The Kier molecular flexibility index (Phi) is 9.24. The van der Waals surface area contributed by atoms with Gasteiger partial charge in [0.25, 0.3) is 0 Å². The maximum absolute atomic E-state index is 12.0. The molecule has 0 aromatic heterocycles. The molecule has 0 bridgehead atoms. The van der Waals surface area contributed by atoms with E-state index in [1.807, 2.05) is 18.2 Å². The largest absolute Gasteiger partial charge is 0.493 e. The van der Waals surface area contributed by atoms with Gasteiger partial charge in [0.15, 0.2) is 11.5 Å². The highest BCUT2D eigenvalue weighted by Gasteiger charge is 2.09. The van der Waals surface area contributed by atoms with Crippen molar-refractivity contribution in [2.45, 2.75) is 25.7 Å². The van der Waals surface area contributed by atoms with Crippen LogP contribution in [0.15, 0.2) is 42.5 Å². The Morgan fingerprint density at radius 3 is 2.30 bits per heavy atom. The average molecular weight is 412 g/mol. The number of carbonyl (C=O) groups excluding carboxylic acids is 2. The second kappa shape index (κ2) is 12.2. The van der Waals surface area contributed by atoms with Gasteiger partial charge in [-0.2, -0.15) is 0 Å². The number of nitrogen functional groups attached to an aromatic ring is 2. The first kappa shape index (κ1) is 22.8. The van der Waals surface area contributed by atoms with Gasteiger partial charge in [0.2, 0.25) is 0 Å². The van der Waals surface area contributed by atoms with E-state index < -0.39 is 5.97 Å². The van der Waals surface area contributed by atoms with Gasteiger partial charge in [-0.3, -0.25) is 4.79 Å². The van der Waals surface area contributed by atoms with Crippen molar-refractivity contribution >= 4 is 29.7 Å². The third-order valence-electron chi connectivity index (χ3n) is 4.30. The van der Waals surface area contributed by atoms with Gasteiger partial charge >= 0.3 is 5.97 Å². The lowest BCUT2D eigenvalue weighted by Crippen LogP contribution is -2.08. The minimum Gasteiger partial charge on any atom is -0.493 e. The van der Waals surface area contributed by atoms with Gasteiger partial charge in [-0.15, -0.1) is 0 Å². The normalized spacial score (nSPS) is 10.7. The summed E-state index contributed by atoms with van der Waals surface area (Å²) in [5.41, 5.74) is 13.5. The number of benzene rings is 2. The van der Waals surface area contributed by atoms with E-state index in [-0.39, 0.29) is 0 Å². The lowest BCUT2D eigenvalue weighted by atomic mass is 10.2. The summed E-state index contributed by atoms with van der Waals surface area (Å²) in [5.74, 6) is 0.865. The van der Waals surface area contributed by atoms with E-state index in [1.165, 1.54) is 6.08 Å². The van der Waals surface area contributed by atoms with E-state index >= 15 is 0 Å². The Morgan fingerprint density at radius 2 is 1.63 bits per heavy atom. The third kappa shape index (κ3) is 7.50. The summed E-state index contributed by atoms with van der Waals surface area (Å²) in [6.45, 7) is 0.903. The SMILES string of the molecule is COc1cc(/C=C/C=O)ccc1OCCCCCCOC(=O)c1cc(N)cc(N)c1. The quantitative estimate of drug-likeness (QED) is 0.179. The van der Waals surface area contributed by atoms with Gasteiger partial charge in [-0.05, 0) is 67.7 Å². The zero-order chi connectivity index (χ0) is 21.8. The molecular formula is C23H28N2O5. The highest BCUT2D eigenvalue weighted by atomic mass is 16.5. The zero-order valence-electron chi connectivity index (χ0n) is 17.1. The number of anilines is 2. The Bertz CT molecular complexity index is 860. The van der Waals surface area contributed by atoms with Crippen molar-refractivity contribution in [3.8, 4) is 11.5 Å². The first-order valence-corrected chi connectivity index (χ1v) is 9.79. The first-order valence-electron chi connectivity index (χ1n) is 9.79. The number of carbonyl (C=O) groups is 2. The number of esters is 1. The molecule has 2 aromatic rings. The van der Waals surface area contributed by atoms with Crippen molar-refractivity contribution in [2.24, 2.45) is 0 Å². The molecular weight excluding hydrogens is 384 g/mol. The van der Waals surface area contributed by atoms with Crippen LogP contribution in [0.3, 0.4) is 0 Å². The molecule has 160 valence electrons. The Hall–Kier alpha value is -3.48. The summed E-state index contributed by atoms with van der Waals surface area (Å²) in [6.07, 6.45) is 7.37.